The van der Waals surface area contributed by atoms with Gasteiger partial charge in [-0.05, 0) is 26.0 Å². The van der Waals surface area contributed by atoms with Crippen LogP contribution in [0.15, 0.2) is 33.7 Å². The molecule has 0 amide bonds. The van der Waals surface area contributed by atoms with E-state index in [2.05, 4.69) is 10.5 Å². The van der Waals surface area contributed by atoms with Gasteiger partial charge in [0.1, 0.15) is 5.69 Å². The summed E-state index contributed by atoms with van der Waals surface area (Å²) in [6.07, 6.45) is 0. The molecule has 0 fully saturated rings. The third-order valence-electron chi connectivity index (χ3n) is 3.32. The van der Waals surface area contributed by atoms with Crippen molar-refractivity contribution in [3.05, 3.63) is 35.7 Å². The fourth-order valence-corrected chi connectivity index (χ4v) is 4.24. The smallest absolute Gasteiger partial charge is 0.269 e. The Kier molecular flexibility index (Phi) is 2.93. The van der Waals surface area contributed by atoms with Gasteiger partial charge in [-0.25, -0.2) is 8.42 Å². The van der Waals surface area contributed by atoms with Gasteiger partial charge in [0.05, 0.1) is 17.9 Å². The molecule has 6 nitrogen and oxygen atoms in total. The number of aryl methyl sites for hydroxylation is 2. The molecule has 0 spiro atoms. The molecule has 0 atom stereocenters. The minimum absolute atomic E-state index is 0.161. The van der Waals surface area contributed by atoms with Crippen LogP contribution >= 0.6 is 0 Å². The van der Waals surface area contributed by atoms with Gasteiger partial charge in [-0.1, -0.05) is 17.3 Å². The van der Waals surface area contributed by atoms with Crippen molar-refractivity contribution in [3.63, 3.8) is 0 Å². The second-order valence-corrected chi connectivity index (χ2v) is 6.47. The van der Waals surface area contributed by atoms with E-state index in [0.29, 0.717) is 30.2 Å². The Morgan fingerprint density at radius 3 is 2.75 bits per heavy atom. The number of sulfonamides is 1. The lowest BCUT2D eigenvalue weighted by atomic mass is 10.2. The Balaban J connectivity index is 2.15. The molecule has 1 aliphatic heterocycles. The lowest BCUT2D eigenvalue weighted by molar-refractivity contribution is 0.390. The first kappa shape index (κ1) is 13.0. The highest BCUT2D eigenvalue weighted by Gasteiger charge is 2.33. The fourth-order valence-electron chi connectivity index (χ4n) is 2.46. The van der Waals surface area contributed by atoms with Crippen molar-refractivity contribution < 1.29 is 12.9 Å². The molecular formula is C13H15N3O3S. The highest BCUT2D eigenvalue weighted by molar-refractivity contribution is 7.93. The summed E-state index contributed by atoms with van der Waals surface area (Å²) in [5.74, 6) is 0.318. The number of benzene rings is 1. The number of anilines is 2. The van der Waals surface area contributed by atoms with Crippen LogP contribution in [0, 0.1) is 13.8 Å². The fraction of sp³-hybridized carbons (Fsp3) is 0.308. The zero-order valence-corrected chi connectivity index (χ0v) is 12.1. The number of nitrogens with one attached hydrogen (secondary N) is 1. The molecule has 2 heterocycles. The first-order chi connectivity index (χ1) is 9.51. The molecule has 0 saturated heterocycles. The highest BCUT2D eigenvalue weighted by atomic mass is 32.2. The Bertz CT molecular complexity index is 732. The lowest BCUT2D eigenvalue weighted by Crippen LogP contribution is -2.39. The number of hydrogen-bond acceptors (Lipinski definition) is 5. The third kappa shape index (κ3) is 1.85. The summed E-state index contributed by atoms with van der Waals surface area (Å²) >= 11 is 0. The van der Waals surface area contributed by atoms with Gasteiger partial charge in [0.25, 0.3) is 10.0 Å². The van der Waals surface area contributed by atoms with E-state index < -0.39 is 10.0 Å². The topological polar surface area (TPSA) is 75.4 Å². The van der Waals surface area contributed by atoms with Crippen LogP contribution in [-0.4, -0.2) is 26.7 Å². The van der Waals surface area contributed by atoms with E-state index in [0.717, 1.165) is 5.69 Å². The van der Waals surface area contributed by atoms with E-state index >= 15 is 0 Å². The van der Waals surface area contributed by atoms with Crippen LogP contribution in [0.5, 0.6) is 0 Å². The van der Waals surface area contributed by atoms with E-state index in [9.17, 15) is 8.42 Å². The number of nitrogens with zero attached hydrogens (tertiary/aromatic N) is 2. The van der Waals surface area contributed by atoms with Crippen molar-refractivity contribution in [3.8, 4) is 0 Å². The number of fused-ring (bicyclic) bond motifs is 1. The molecule has 20 heavy (non-hydrogen) atoms. The van der Waals surface area contributed by atoms with Crippen molar-refractivity contribution in [1.29, 1.82) is 0 Å². The van der Waals surface area contributed by atoms with Crippen LogP contribution in [0.1, 0.15) is 11.5 Å². The number of para-hydroxylation sites is 2. The molecule has 0 bridgehead atoms. The average Bonchev–Trinajstić information content (AvgIpc) is 2.78. The van der Waals surface area contributed by atoms with Crippen molar-refractivity contribution in [2.24, 2.45) is 0 Å². The third-order valence-corrected chi connectivity index (χ3v) is 5.38. The van der Waals surface area contributed by atoms with Crippen LogP contribution in [-0.2, 0) is 10.0 Å². The zero-order chi connectivity index (χ0) is 14.3. The Labute approximate surface area is 117 Å². The quantitative estimate of drug-likeness (QED) is 0.915. The molecule has 1 N–H and O–H groups in total. The molecular weight excluding hydrogens is 278 g/mol. The van der Waals surface area contributed by atoms with Crippen molar-refractivity contribution >= 4 is 21.4 Å². The predicted molar refractivity (Wildman–Crippen MR) is 75.4 cm³/mol. The monoisotopic (exact) mass is 293 g/mol. The maximum Gasteiger partial charge on any atom is 0.269 e. The maximum absolute atomic E-state index is 12.9. The highest BCUT2D eigenvalue weighted by Crippen LogP contribution is 2.34. The predicted octanol–water partition coefficient (Wildman–Crippen LogP) is 1.91. The van der Waals surface area contributed by atoms with Crippen LogP contribution in [0.4, 0.5) is 11.4 Å². The lowest BCUT2D eigenvalue weighted by Gasteiger charge is -2.30. The number of hydrogen-bond donors (Lipinski definition) is 1. The summed E-state index contributed by atoms with van der Waals surface area (Å²) in [6.45, 7) is 4.20. The molecule has 106 valence electrons. The molecule has 3 rings (SSSR count). The van der Waals surface area contributed by atoms with Gasteiger partial charge in [-0.15, -0.1) is 0 Å². The van der Waals surface area contributed by atoms with Gasteiger partial charge < -0.3 is 9.84 Å². The summed E-state index contributed by atoms with van der Waals surface area (Å²) in [7, 11) is -3.66. The molecule has 0 aliphatic carbocycles. The van der Waals surface area contributed by atoms with Gasteiger partial charge in [0, 0.05) is 6.54 Å². The van der Waals surface area contributed by atoms with Crippen LogP contribution in [0.2, 0.25) is 0 Å². The molecule has 0 saturated carbocycles. The van der Waals surface area contributed by atoms with Gasteiger partial charge in [-0.3, -0.25) is 4.31 Å². The molecule has 1 aromatic carbocycles. The Morgan fingerprint density at radius 1 is 1.30 bits per heavy atom. The Hall–Kier alpha value is -2.02. The minimum Gasteiger partial charge on any atom is -0.382 e. The summed E-state index contributed by atoms with van der Waals surface area (Å²) in [5, 5.41) is 6.93. The van der Waals surface area contributed by atoms with Gasteiger partial charge >= 0.3 is 0 Å². The standard InChI is InChI=1S/C13H15N3O3S/c1-9-13(10(2)19-15-9)20(17,18)16-8-7-14-11-5-3-4-6-12(11)16/h3-6,14H,7-8H2,1-2H3. The molecule has 1 aromatic heterocycles. The second-order valence-electron chi connectivity index (χ2n) is 4.67. The van der Waals surface area contributed by atoms with E-state index in [-0.39, 0.29) is 4.90 Å². The second kappa shape index (κ2) is 4.52. The van der Waals surface area contributed by atoms with Crippen molar-refractivity contribution in [2.45, 2.75) is 18.7 Å². The normalized spacial score (nSPS) is 14.8. The van der Waals surface area contributed by atoms with Crippen molar-refractivity contribution in [1.82, 2.24) is 5.16 Å². The number of rotatable bonds is 2. The van der Waals surface area contributed by atoms with Crippen molar-refractivity contribution in [2.75, 3.05) is 22.7 Å². The van der Waals surface area contributed by atoms with Gasteiger partial charge in [-0.2, -0.15) is 0 Å². The van der Waals surface area contributed by atoms with Crippen LogP contribution in [0.25, 0.3) is 0 Å². The first-order valence-corrected chi connectivity index (χ1v) is 7.74. The summed E-state index contributed by atoms with van der Waals surface area (Å²) in [4.78, 5) is 0.161. The summed E-state index contributed by atoms with van der Waals surface area (Å²) in [5.41, 5.74) is 1.85. The minimum atomic E-state index is -3.66. The first-order valence-electron chi connectivity index (χ1n) is 6.30. The molecule has 7 heteroatoms. The average molecular weight is 293 g/mol. The summed E-state index contributed by atoms with van der Waals surface area (Å²) < 4.78 is 32.1. The largest absolute Gasteiger partial charge is 0.382 e. The molecule has 0 unspecified atom stereocenters. The Morgan fingerprint density at radius 2 is 2.05 bits per heavy atom. The van der Waals surface area contributed by atoms with Gasteiger partial charge in [0.15, 0.2) is 10.7 Å². The zero-order valence-electron chi connectivity index (χ0n) is 11.3. The van der Waals surface area contributed by atoms with E-state index in [1.54, 1.807) is 19.9 Å². The number of aromatic nitrogens is 1. The maximum atomic E-state index is 12.9. The molecule has 0 radical (unpaired) electrons. The summed E-state index contributed by atoms with van der Waals surface area (Å²) in [6, 6.07) is 7.35. The van der Waals surface area contributed by atoms with Crippen LogP contribution in [0.3, 0.4) is 0 Å². The van der Waals surface area contributed by atoms with E-state index in [1.807, 2.05) is 18.2 Å². The molecule has 1 aliphatic rings. The van der Waals surface area contributed by atoms with E-state index in [4.69, 9.17) is 4.52 Å². The van der Waals surface area contributed by atoms with Gasteiger partial charge in [0.2, 0.25) is 0 Å². The molecule has 2 aromatic rings. The van der Waals surface area contributed by atoms with Crippen LogP contribution < -0.4 is 9.62 Å². The van der Waals surface area contributed by atoms with E-state index in [1.165, 1.54) is 4.31 Å². The SMILES string of the molecule is Cc1noc(C)c1S(=O)(=O)N1CCNc2ccccc21.